The number of amides is 1. The maximum Gasteiger partial charge on any atom is 0.244 e. The number of piperidine rings is 1. The van der Waals surface area contributed by atoms with Crippen LogP contribution in [-0.4, -0.2) is 49.7 Å². The second-order valence-electron chi connectivity index (χ2n) is 7.48. The largest absolute Gasteiger partial charge is 0.342 e. The molecule has 2 fully saturated rings. The summed E-state index contributed by atoms with van der Waals surface area (Å²) in [5.74, 6) is 0.740. The maximum atomic E-state index is 12.9. The number of nitrogens with zero attached hydrogens (tertiary/aromatic N) is 2. The minimum atomic E-state index is -3.71. The summed E-state index contributed by atoms with van der Waals surface area (Å²) in [6, 6.07) is 4.44. The summed E-state index contributed by atoms with van der Waals surface area (Å²) in [4.78, 5) is 14.9. The van der Waals surface area contributed by atoms with Crippen LogP contribution >= 0.6 is 23.2 Å². The molecular formula is C19H26Cl2N2O3S. The molecule has 0 spiro atoms. The Balaban J connectivity index is 1.65. The highest BCUT2D eigenvalue weighted by Crippen LogP contribution is 2.33. The maximum absolute atomic E-state index is 12.9. The lowest BCUT2D eigenvalue weighted by Gasteiger charge is -2.34. The number of carbonyl (C=O) groups excluding carboxylic acids is 1. The molecule has 8 heteroatoms. The van der Waals surface area contributed by atoms with Gasteiger partial charge in [0.05, 0.1) is 5.02 Å². The van der Waals surface area contributed by atoms with Gasteiger partial charge in [0.25, 0.3) is 0 Å². The van der Waals surface area contributed by atoms with Gasteiger partial charge < -0.3 is 4.90 Å². The Labute approximate surface area is 171 Å². The zero-order valence-electron chi connectivity index (χ0n) is 15.5. The van der Waals surface area contributed by atoms with Crippen molar-refractivity contribution in [1.82, 2.24) is 9.21 Å². The zero-order valence-corrected chi connectivity index (χ0v) is 17.9. The van der Waals surface area contributed by atoms with Crippen molar-refractivity contribution in [3.63, 3.8) is 0 Å². The predicted octanol–water partition coefficient (Wildman–Crippen LogP) is 4.04. The number of hydrogen-bond donors (Lipinski definition) is 0. The molecular weight excluding hydrogens is 407 g/mol. The highest BCUT2D eigenvalue weighted by Gasteiger charge is 2.36. The van der Waals surface area contributed by atoms with E-state index in [2.05, 4.69) is 6.92 Å². The van der Waals surface area contributed by atoms with Crippen LogP contribution in [0.15, 0.2) is 23.1 Å². The predicted molar refractivity (Wildman–Crippen MR) is 108 cm³/mol. The molecule has 1 aliphatic carbocycles. The summed E-state index contributed by atoms with van der Waals surface area (Å²) < 4.78 is 27.2. The number of rotatable bonds is 7. The molecule has 1 aromatic rings. The van der Waals surface area contributed by atoms with E-state index in [9.17, 15) is 13.2 Å². The van der Waals surface area contributed by atoms with Crippen molar-refractivity contribution in [3.8, 4) is 0 Å². The second kappa shape index (κ2) is 8.68. The molecule has 27 heavy (non-hydrogen) atoms. The highest BCUT2D eigenvalue weighted by molar-refractivity contribution is 7.89. The third-order valence-corrected chi connectivity index (χ3v) is 7.91. The summed E-state index contributed by atoms with van der Waals surface area (Å²) >= 11 is 12.0. The average molecular weight is 433 g/mol. The van der Waals surface area contributed by atoms with Gasteiger partial charge in [0.15, 0.2) is 0 Å². The van der Waals surface area contributed by atoms with Gasteiger partial charge in [-0.05, 0) is 56.2 Å². The molecule has 0 radical (unpaired) electrons. The smallest absolute Gasteiger partial charge is 0.244 e. The molecule has 0 unspecified atom stereocenters. The van der Waals surface area contributed by atoms with Crippen LogP contribution in [0.2, 0.25) is 10.0 Å². The van der Waals surface area contributed by atoms with Crippen LogP contribution in [0.3, 0.4) is 0 Å². The molecule has 1 aliphatic heterocycles. The van der Waals surface area contributed by atoms with E-state index in [1.54, 1.807) is 6.07 Å². The first-order chi connectivity index (χ1) is 12.8. The summed E-state index contributed by atoms with van der Waals surface area (Å²) in [6.45, 7) is 4.36. The van der Waals surface area contributed by atoms with Crippen LogP contribution in [0.5, 0.6) is 0 Å². The Morgan fingerprint density at radius 2 is 1.85 bits per heavy atom. The fraction of sp³-hybridized carbons (Fsp3) is 0.632. The van der Waals surface area contributed by atoms with Crippen molar-refractivity contribution in [2.24, 2.45) is 11.8 Å². The van der Waals surface area contributed by atoms with E-state index >= 15 is 0 Å². The minimum absolute atomic E-state index is 0.0304. The molecule has 3 rings (SSSR count). The van der Waals surface area contributed by atoms with E-state index in [0.717, 1.165) is 19.5 Å². The van der Waals surface area contributed by atoms with Gasteiger partial charge in [-0.3, -0.25) is 4.79 Å². The number of benzene rings is 1. The molecule has 0 atom stereocenters. The molecule has 1 heterocycles. The van der Waals surface area contributed by atoms with Crippen LogP contribution in [0.1, 0.15) is 39.0 Å². The van der Waals surface area contributed by atoms with Crippen molar-refractivity contribution in [2.45, 2.75) is 43.9 Å². The molecule has 5 nitrogen and oxygen atoms in total. The monoisotopic (exact) mass is 432 g/mol. The van der Waals surface area contributed by atoms with Gasteiger partial charge in [-0.2, -0.15) is 4.31 Å². The first-order valence-electron chi connectivity index (χ1n) is 9.57. The van der Waals surface area contributed by atoms with Crippen LogP contribution in [0.4, 0.5) is 0 Å². The second-order valence-corrected chi connectivity index (χ2v) is 10.2. The van der Waals surface area contributed by atoms with Crippen molar-refractivity contribution in [2.75, 3.05) is 26.2 Å². The van der Waals surface area contributed by atoms with Gasteiger partial charge in [0.1, 0.15) is 4.90 Å². The van der Waals surface area contributed by atoms with E-state index < -0.39 is 10.0 Å². The van der Waals surface area contributed by atoms with E-state index in [1.807, 2.05) is 4.90 Å². The molecule has 1 saturated heterocycles. The lowest BCUT2D eigenvalue weighted by atomic mass is 9.96. The first kappa shape index (κ1) is 20.9. The number of halogens is 2. The summed E-state index contributed by atoms with van der Waals surface area (Å²) in [5, 5.41) is 0.495. The van der Waals surface area contributed by atoms with E-state index in [0.29, 0.717) is 36.9 Å². The molecule has 1 amide bonds. The van der Waals surface area contributed by atoms with Gasteiger partial charge in [0.2, 0.25) is 15.9 Å². The standard InChI is InChI=1S/C19H26Cl2N2O3S/c1-2-9-22(13-14-3-4-14)19(24)15-7-10-23(11-8-15)27(25,26)18-12-16(20)5-6-17(18)21/h5-6,12,14-15H,2-4,7-11,13H2,1H3. The normalized spacial score (nSPS) is 19.2. The molecule has 0 aromatic heterocycles. The Bertz CT molecular complexity index is 788. The van der Waals surface area contributed by atoms with Gasteiger partial charge in [-0.25, -0.2) is 8.42 Å². The fourth-order valence-corrected chi connectivity index (χ4v) is 5.80. The molecule has 0 bridgehead atoms. The van der Waals surface area contributed by atoms with Gasteiger partial charge >= 0.3 is 0 Å². The van der Waals surface area contributed by atoms with Gasteiger partial charge in [-0.1, -0.05) is 30.1 Å². The molecule has 1 saturated carbocycles. The molecule has 150 valence electrons. The van der Waals surface area contributed by atoms with E-state index in [4.69, 9.17) is 23.2 Å². The fourth-order valence-electron chi connectivity index (χ4n) is 3.59. The number of sulfonamides is 1. The van der Waals surface area contributed by atoms with Crippen molar-refractivity contribution in [1.29, 1.82) is 0 Å². The Morgan fingerprint density at radius 3 is 2.44 bits per heavy atom. The van der Waals surface area contributed by atoms with Crippen LogP contribution in [-0.2, 0) is 14.8 Å². The van der Waals surface area contributed by atoms with Crippen molar-refractivity contribution >= 4 is 39.1 Å². The topological polar surface area (TPSA) is 57.7 Å². The molecule has 1 aromatic carbocycles. The Morgan fingerprint density at radius 1 is 1.19 bits per heavy atom. The SMILES string of the molecule is CCCN(CC1CC1)C(=O)C1CCN(S(=O)(=O)c2cc(Cl)ccc2Cl)CC1. The average Bonchev–Trinajstić information content (AvgIpc) is 3.47. The van der Waals surface area contributed by atoms with Gasteiger partial charge in [0, 0.05) is 37.1 Å². The molecule has 2 aliphatic rings. The van der Waals surface area contributed by atoms with E-state index in [-0.39, 0.29) is 21.7 Å². The van der Waals surface area contributed by atoms with Crippen LogP contribution in [0.25, 0.3) is 0 Å². The lowest BCUT2D eigenvalue weighted by molar-refractivity contribution is -0.137. The summed E-state index contributed by atoms with van der Waals surface area (Å²) in [7, 11) is -3.71. The quantitative estimate of drug-likeness (QED) is 0.652. The Hall–Kier alpha value is -0.820. The summed E-state index contributed by atoms with van der Waals surface area (Å²) in [6.07, 6.45) is 4.45. The van der Waals surface area contributed by atoms with E-state index in [1.165, 1.54) is 29.3 Å². The van der Waals surface area contributed by atoms with Gasteiger partial charge in [-0.15, -0.1) is 0 Å². The summed E-state index contributed by atoms with van der Waals surface area (Å²) in [5.41, 5.74) is 0. The third kappa shape index (κ3) is 4.97. The number of carbonyl (C=O) groups is 1. The minimum Gasteiger partial charge on any atom is -0.342 e. The van der Waals surface area contributed by atoms with Crippen LogP contribution < -0.4 is 0 Å². The first-order valence-corrected chi connectivity index (χ1v) is 11.8. The van der Waals surface area contributed by atoms with Crippen molar-refractivity contribution in [3.05, 3.63) is 28.2 Å². The highest BCUT2D eigenvalue weighted by atomic mass is 35.5. The Kier molecular flexibility index (Phi) is 6.72. The lowest BCUT2D eigenvalue weighted by Crippen LogP contribution is -2.45. The van der Waals surface area contributed by atoms with Crippen molar-refractivity contribution < 1.29 is 13.2 Å². The molecule has 0 N–H and O–H groups in total. The van der Waals surface area contributed by atoms with Crippen LogP contribution in [0, 0.1) is 11.8 Å². The zero-order chi connectivity index (χ0) is 19.6. The third-order valence-electron chi connectivity index (χ3n) is 5.29. The number of hydrogen-bond acceptors (Lipinski definition) is 3.